The molecule has 1 fully saturated rings. The monoisotopic (exact) mass is 352 g/mol. The summed E-state index contributed by atoms with van der Waals surface area (Å²) in [6.45, 7) is 22.0. The van der Waals surface area contributed by atoms with Gasteiger partial charge in [-0.15, -0.1) is 20.4 Å². The number of allylic oxidation sites excluding steroid dienone is 3. The molecule has 6 nitrogen and oxygen atoms in total. The van der Waals surface area contributed by atoms with E-state index in [1.165, 1.54) is 11.9 Å². The van der Waals surface area contributed by atoms with E-state index in [1.807, 2.05) is 7.05 Å². The van der Waals surface area contributed by atoms with Crippen molar-refractivity contribution in [3.05, 3.63) is 67.7 Å². The van der Waals surface area contributed by atoms with E-state index in [2.05, 4.69) is 63.1 Å². The number of nitrogens with zero attached hydrogens (tertiary/aromatic N) is 6. The average Bonchev–Trinajstić information content (AvgIpc) is 2.94. The average molecular weight is 352 g/mol. The van der Waals surface area contributed by atoms with E-state index in [9.17, 15) is 0 Å². The van der Waals surface area contributed by atoms with E-state index in [0.717, 1.165) is 61.3 Å². The second-order valence-corrected chi connectivity index (χ2v) is 6.72. The fourth-order valence-electron chi connectivity index (χ4n) is 2.86. The molecule has 0 atom stereocenters. The number of likely N-dealkylation sites (tertiary alicyclic amines) is 1. The third kappa shape index (κ3) is 5.37. The zero-order valence-corrected chi connectivity index (χ0v) is 15.7. The molecule has 0 radical (unpaired) electrons. The summed E-state index contributed by atoms with van der Waals surface area (Å²) in [6, 6.07) is 0. The molecule has 6 heteroatoms. The third-order valence-electron chi connectivity index (χ3n) is 4.54. The molecule has 138 valence electrons. The molecular formula is C20H28N6. The largest absolute Gasteiger partial charge is 0.374 e. The minimum atomic E-state index is 0.464. The fourth-order valence-corrected chi connectivity index (χ4v) is 2.86. The predicted molar refractivity (Wildman–Crippen MR) is 106 cm³/mol. The summed E-state index contributed by atoms with van der Waals surface area (Å²) in [5.41, 5.74) is 5.30. The highest BCUT2D eigenvalue weighted by atomic mass is 15.3. The highest BCUT2D eigenvalue weighted by Crippen LogP contribution is 2.29. The maximum atomic E-state index is 4.21. The van der Waals surface area contributed by atoms with Gasteiger partial charge in [0.2, 0.25) is 5.82 Å². The van der Waals surface area contributed by atoms with Crippen molar-refractivity contribution in [1.82, 2.24) is 30.2 Å². The lowest BCUT2D eigenvalue weighted by Crippen LogP contribution is -2.20. The smallest absolute Gasteiger partial charge is 0.200 e. The van der Waals surface area contributed by atoms with Crippen molar-refractivity contribution in [1.29, 1.82) is 0 Å². The molecule has 0 spiro atoms. The molecule has 0 aliphatic carbocycles. The first-order valence-corrected chi connectivity index (χ1v) is 8.75. The van der Waals surface area contributed by atoms with Crippen molar-refractivity contribution in [3.63, 3.8) is 0 Å². The summed E-state index contributed by atoms with van der Waals surface area (Å²) in [5, 5.41) is 15.3. The Morgan fingerprint density at radius 1 is 1.08 bits per heavy atom. The highest BCUT2D eigenvalue weighted by molar-refractivity contribution is 5.57. The van der Waals surface area contributed by atoms with Crippen LogP contribution in [0.15, 0.2) is 61.9 Å². The van der Waals surface area contributed by atoms with Crippen LogP contribution in [0.25, 0.3) is 5.57 Å². The lowest BCUT2D eigenvalue weighted by Gasteiger charge is -2.24. The zero-order chi connectivity index (χ0) is 19.1. The number of hydrogen-bond acceptors (Lipinski definition) is 6. The summed E-state index contributed by atoms with van der Waals surface area (Å²) in [6.07, 6.45) is 6.18. The van der Waals surface area contributed by atoms with Crippen LogP contribution in [-0.4, -0.2) is 50.3 Å². The Morgan fingerprint density at radius 2 is 1.69 bits per heavy atom. The van der Waals surface area contributed by atoms with Crippen molar-refractivity contribution >= 4 is 5.57 Å². The van der Waals surface area contributed by atoms with Gasteiger partial charge in [0.25, 0.3) is 0 Å². The third-order valence-corrected chi connectivity index (χ3v) is 4.54. The van der Waals surface area contributed by atoms with Crippen LogP contribution in [0.1, 0.15) is 37.9 Å². The van der Waals surface area contributed by atoms with Crippen molar-refractivity contribution in [2.75, 3.05) is 20.1 Å². The minimum Gasteiger partial charge on any atom is -0.374 e. The Morgan fingerprint density at radius 3 is 2.31 bits per heavy atom. The van der Waals surface area contributed by atoms with Gasteiger partial charge in [0.1, 0.15) is 0 Å². The van der Waals surface area contributed by atoms with E-state index in [-0.39, 0.29) is 0 Å². The Hall–Kier alpha value is -2.76. The van der Waals surface area contributed by atoms with Gasteiger partial charge in [-0.05, 0) is 32.1 Å². The molecule has 0 bridgehead atoms. The highest BCUT2D eigenvalue weighted by Gasteiger charge is 2.19. The number of aromatic nitrogens is 4. The van der Waals surface area contributed by atoms with Crippen molar-refractivity contribution in [2.45, 2.75) is 32.1 Å². The molecule has 0 saturated carbocycles. The Bertz CT molecular complexity index is 690. The predicted octanol–water partition coefficient (Wildman–Crippen LogP) is 3.58. The molecule has 0 aromatic carbocycles. The normalized spacial score (nSPS) is 13.8. The van der Waals surface area contributed by atoms with E-state index in [4.69, 9.17) is 0 Å². The first-order valence-electron chi connectivity index (χ1n) is 8.75. The first kappa shape index (κ1) is 19.6. The lowest BCUT2D eigenvalue weighted by molar-refractivity contribution is 0.442. The summed E-state index contributed by atoms with van der Waals surface area (Å²) in [4.78, 5) is 4.25. The van der Waals surface area contributed by atoms with Crippen LogP contribution in [-0.2, 0) is 0 Å². The van der Waals surface area contributed by atoms with E-state index in [1.54, 1.807) is 0 Å². The van der Waals surface area contributed by atoms with Crippen molar-refractivity contribution in [3.8, 4) is 0 Å². The Balaban J connectivity index is 1.70. The molecule has 0 unspecified atom stereocenters. The van der Waals surface area contributed by atoms with E-state index >= 15 is 0 Å². The molecule has 0 N–H and O–H groups in total. The van der Waals surface area contributed by atoms with Gasteiger partial charge in [-0.25, -0.2) is 0 Å². The van der Waals surface area contributed by atoms with Gasteiger partial charge in [-0.2, -0.15) is 0 Å². The van der Waals surface area contributed by atoms with Gasteiger partial charge in [0.15, 0.2) is 6.33 Å². The number of hydrogen-bond donors (Lipinski definition) is 0. The molecule has 2 heterocycles. The van der Waals surface area contributed by atoms with Gasteiger partial charge in [-0.1, -0.05) is 38.5 Å². The minimum absolute atomic E-state index is 0.464. The summed E-state index contributed by atoms with van der Waals surface area (Å²) < 4.78 is 0. The molecular weight excluding hydrogens is 324 g/mol. The second kappa shape index (κ2) is 9.08. The van der Waals surface area contributed by atoms with Gasteiger partial charge in [0, 0.05) is 42.8 Å². The quantitative estimate of drug-likeness (QED) is 0.600. The van der Waals surface area contributed by atoms with E-state index in [0.29, 0.717) is 12.4 Å². The van der Waals surface area contributed by atoms with Gasteiger partial charge in [-0.3, -0.25) is 0 Å². The molecule has 1 saturated heterocycles. The number of likely N-dealkylation sites (N-methyl/N-ethyl adjacent to an activating group) is 1. The lowest BCUT2D eigenvalue weighted by atomic mass is 10.1. The Labute approximate surface area is 156 Å². The molecule has 1 aliphatic rings. The first-order chi connectivity index (χ1) is 12.4. The van der Waals surface area contributed by atoms with Crippen LogP contribution in [0.3, 0.4) is 0 Å². The Kier molecular flexibility index (Phi) is 6.83. The van der Waals surface area contributed by atoms with Crippen LogP contribution in [0, 0.1) is 0 Å². The summed E-state index contributed by atoms with van der Waals surface area (Å²) in [7, 11) is 1.99. The number of rotatable bonds is 10. The molecule has 2 rings (SSSR count). The van der Waals surface area contributed by atoms with Crippen LogP contribution in [0.5, 0.6) is 0 Å². The molecule has 1 aromatic rings. The van der Waals surface area contributed by atoms with Crippen LogP contribution in [0.2, 0.25) is 0 Å². The molecule has 1 aromatic heterocycles. The topological polar surface area (TPSA) is 58.0 Å². The van der Waals surface area contributed by atoms with Crippen LogP contribution in [0.4, 0.5) is 0 Å². The van der Waals surface area contributed by atoms with Gasteiger partial charge >= 0.3 is 0 Å². The van der Waals surface area contributed by atoms with Crippen molar-refractivity contribution in [2.24, 2.45) is 0 Å². The van der Waals surface area contributed by atoms with Gasteiger partial charge in [0.05, 0.1) is 0 Å². The van der Waals surface area contributed by atoms with Crippen molar-refractivity contribution < 1.29 is 0 Å². The standard InChI is InChI=1S/C20H28N6/c1-15(12-26-18(4)10-11-19(26)5)8-7-9-17(3)25(6)13-16(2)20-23-21-14-22-24-20/h14H,1-5,7-13H2,6H3. The SMILES string of the molecule is C=C(CCCC(=C)N(C)CC(=C)c1nncnn1)CN1C(=C)CCC1=C. The zero-order valence-electron chi connectivity index (χ0n) is 15.7. The fraction of sp³-hybridized carbons (Fsp3) is 0.400. The van der Waals surface area contributed by atoms with Gasteiger partial charge < -0.3 is 9.80 Å². The molecule has 1 aliphatic heterocycles. The second-order valence-electron chi connectivity index (χ2n) is 6.72. The summed E-state index contributed by atoms with van der Waals surface area (Å²) in [5.74, 6) is 0.464. The van der Waals surface area contributed by atoms with E-state index < -0.39 is 0 Å². The van der Waals surface area contributed by atoms with Crippen LogP contribution >= 0.6 is 0 Å². The molecule has 26 heavy (non-hydrogen) atoms. The summed E-state index contributed by atoms with van der Waals surface area (Å²) >= 11 is 0. The van der Waals surface area contributed by atoms with Crippen LogP contribution < -0.4 is 0 Å². The molecule has 0 amide bonds. The maximum Gasteiger partial charge on any atom is 0.200 e. The maximum absolute atomic E-state index is 4.21.